The summed E-state index contributed by atoms with van der Waals surface area (Å²) in [5, 5.41) is 4.11. The van der Waals surface area contributed by atoms with E-state index in [1.165, 1.54) is 10.8 Å². The topological polar surface area (TPSA) is 86.4 Å². The Labute approximate surface area is 212 Å². The van der Waals surface area contributed by atoms with Crippen LogP contribution in [0, 0.1) is 11.6 Å². The molecule has 3 aromatic carbocycles. The van der Waals surface area contributed by atoms with E-state index >= 15 is 0 Å². The van der Waals surface area contributed by atoms with Crippen molar-refractivity contribution in [2.24, 2.45) is 0 Å². The van der Waals surface area contributed by atoms with Crippen LogP contribution < -0.4 is 15.5 Å². The normalized spacial score (nSPS) is 12.1. The van der Waals surface area contributed by atoms with Gasteiger partial charge in [-0.25, -0.2) is 4.39 Å². The third-order valence-electron chi connectivity index (χ3n) is 6.71. The van der Waals surface area contributed by atoms with Gasteiger partial charge < -0.3 is 19.0 Å². The molecule has 0 bridgehead atoms. The molecular formula is C29H17F2N3O4. The lowest BCUT2D eigenvalue weighted by Crippen LogP contribution is -2.31. The molecule has 3 aromatic heterocycles. The summed E-state index contributed by atoms with van der Waals surface area (Å²) in [5.74, 6) is -3.30. The van der Waals surface area contributed by atoms with Crippen LogP contribution in [-0.4, -0.2) is 22.0 Å². The summed E-state index contributed by atoms with van der Waals surface area (Å²) < 4.78 is 42.9. The molecule has 6 aromatic rings. The summed E-state index contributed by atoms with van der Waals surface area (Å²) in [5.41, 5.74) is 1.47. The second-order valence-electron chi connectivity index (χ2n) is 8.98. The van der Waals surface area contributed by atoms with Gasteiger partial charge in [0, 0.05) is 47.9 Å². The van der Waals surface area contributed by atoms with Crippen molar-refractivity contribution in [3.8, 4) is 17.2 Å². The fourth-order valence-electron chi connectivity index (χ4n) is 4.91. The molecule has 0 atom stereocenters. The van der Waals surface area contributed by atoms with Crippen molar-refractivity contribution in [3.05, 3.63) is 106 Å². The summed E-state index contributed by atoms with van der Waals surface area (Å²) in [6.45, 7) is 0.232. The predicted molar refractivity (Wildman–Crippen MR) is 137 cm³/mol. The van der Waals surface area contributed by atoms with Crippen LogP contribution in [0.3, 0.4) is 0 Å². The molecule has 4 heterocycles. The number of hydrogen-bond donors (Lipinski definition) is 1. The Hall–Kier alpha value is -5.05. The fourth-order valence-corrected chi connectivity index (χ4v) is 4.91. The summed E-state index contributed by atoms with van der Waals surface area (Å²) in [7, 11) is 0. The minimum absolute atomic E-state index is 0.0295. The largest absolute Gasteiger partial charge is 0.456 e. The zero-order valence-corrected chi connectivity index (χ0v) is 19.6. The minimum Gasteiger partial charge on any atom is -0.456 e. The van der Waals surface area contributed by atoms with Gasteiger partial charge in [0.1, 0.15) is 22.2 Å². The number of para-hydroxylation sites is 1. The highest BCUT2D eigenvalue weighted by Crippen LogP contribution is 2.45. The van der Waals surface area contributed by atoms with Crippen molar-refractivity contribution in [1.29, 1.82) is 0 Å². The number of hydrogen-bond acceptors (Lipinski definition) is 5. The highest BCUT2D eigenvalue weighted by molar-refractivity contribution is 6.07. The number of halogens is 2. The van der Waals surface area contributed by atoms with Crippen molar-refractivity contribution < 1.29 is 22.7 Å². The van der Waals surface area contributed by atoms with E-state index in [1.807, 2.05) is 36.4 Å². The molecule has 186 valence electrons. The molecule has 0 saturated carbocycles. The van der Waals surface area contributed by atoms with Gasteiger partial charge in [-0.05, 0) is 30.3 Å². The van der Waals surface area contributed by atoms with Crippen molar-refractivity contribution >= 4 is 38.7 Å². The van der Waals surface area contributed by atoms with E-state index in [0.29, 0.717) is 23.3 Å². The average Bonchev–Trinajstić information content (AvgIpc) is 3.29. The maximum atomic E-state index is 14.9. The molecule has 0 fully saturated rings. The molecule has 0 unspecified atom stereocenters. The third kappa shape index (κ3) is 3.28. The number of ether oxygens (including phenoxy) is 1. The number of benzene rings is 3. The molecule has 38 heavy (non-hydrogen) atoms. The Bertz CT molecular complexity index is 2000. The van der Waals surface area contributed by atoms with Crippen molar-refractivity contribution in [2.45, 2.75) is 6.42 Å². The number of nitrogens with one attached hydrogen (secondary N) is 1. The Morgan fingerprint density at radius 2 is 1.82 bits per heavy atom. The van der Waals surface area contributed by atoms with Gasteiger partial charge in [-0.15, -0.1) is 0 Å². The van der Waals surface area contributed by atoms with Gasteiger partial charge in [0.05, 0.1) is 11.1 Å². The van der Waals surface area contributed by atoms with Gasteiger partial charge in [0.2, 0.25) is 11.2 Å². The van der Waals surface area contributed by atoms with Gasteiger partial charge >= 0.3 is 0 Å². The molecule has 9 heteroatoms. The van der Waals surface area contributed by atoms with E-state index in [-0.39, 0.29) is 28.8 Å². The number of amides is 1. The van der Waals surface area contributed by atoms with E-state index in [2.05, 4.69) is 10.3 Å². The molecule has 0 aliphatic carbocycles. The monoisotopic (exact) mass is 509 g/mol. The number of aromatic nitrogens is 2. The fraction of sp³-hybridized carbons (Fsp3) is 0.0690. The smallest absolute Gasteiger partial charge is 0.256 e. The zero-order chi connectivity index (χ0) is 26.0. The number of carbonyl (C=O) groups excluding carboxylic acids is 1. The Morgan fingerprint density at radius 1 is 0.974 bits per heavy atom. The van der Waals surface area contributed by atoms with E-state index in [4.69, 9.17) is 9.15 Å². The van der Waals surface area contributed by atoms with Crippen LogP contribution >= 0.6 is 0 Å². The quantitative estimate of drug-likeness (QED) is 0.332. The first-order valence-corrected chi connectivity index (χ1v) is 11.9. The zero-order valence-electron chi connectivity index (χ0n) is 19.6. The number of pyridine rings is 2. The van der Waals surface area contributed by atoms with E-state index in [9.17, 15) is 18.4 Å². The highest BCUT2D eigenvalue weighted by Gasteiger charge is 2.29. The first-order chi connectivity index (χ1) is 18.5. The average molecular weight is 509 g/mol. The summed E-state index contributed by atoms with van der Waals surface area (Å²) in [6.07, 6.45) is 3.44. The molecule has 1 aliphatic rings. The van der Waals surface area contributed by atoms with Crippen LogP contribution in [0.2, 0.25) is 0 Å². The standard InChI is InChI=1S/C29H17F2N3O4/c30-20-11-18-26-28(25(20)31)38-24-12-17-16-6-1-2-7-22(16)37-23(17)13-21(24)34(26)14-19(27(18)35)29(36)33-10-8-15-5-3-4-9-32-15/h1-7,9,11-14H,8,10H2,(H,33,36). The minimum atomic E-state index is -1.25. The van der Waals surface area contributed by atoms with Gasteiger partial charge in [-0.1, -0.05) is 24.3 Å². The van der Waals surface area contributed by atoms with Crippen LogP contribution in [0.25, 0.3) is 38.5 Å². The first-order valence-electron chi connectivity index (χ1n) is 11.9. The lowest BCUT2D eigenvalue weighted by molar-refractivity contribution is 0.0952. The lowest BCUT2D eigenvalue weighted by atomic mass is 10.1. The number of furan rings is 1. The van der Waals surface area contributed by atoms with Gasteiger partial charge in [-0.3, -0.25) is 14.6 Å². The molecular weight excluding hydrogens is 492 g/mol. The van der Waals surface area contributed by atoms with Crippen molar-refractivity contribution in [1.82, 2.24) is 14.9 Å². The van der Waals surface area contributed by atoms with Crippen LogP contribution in [-0.2, 0) is 6.42 Å². The Balaban J connectivity index is 1.39. The van der Waals surface area contributed by atoms with E-state index in [0.717, 1.165) is 22.5 Å². The van der Waals surface area contributed by atoms with Gasteiger partial charge in [-0.2, -0.15) is 4.39 Å². The SMILES string of the molecule is O=C(NCCc1ccccn1)c1cn2c3c(c(F)c(F)cc3c1=O)Oc1cc3c(cc1-2)oc1ccccc13. The maximum absolute atomic E-state index is 14.9. The summed E-state index contributed by atoms with van der Waals surface area (Å²) >= 11 is 0. The Kier molecular flexibility index (Phi) is 4.81. The van der Waals surface area contributed by atoms with Crippen LogP contribution in [0.1, 0.15) is 16.1 Å². The van der Waals surface area contributed by atoms with Crippen LogP contribution in [0.4, 0.5) is 8.78 Å². The van der Waals surface area contributed by atoms with Crippen molar-refractivity contribution in [2.75, 3.05) is 6.54 Å². The van der Waals surface area contributed by atoms with Gasteiger partial charge in [0.15, 0.2) is 17.3 Å². The van der Waals surface area contributed by atoms with Crippen molar-refractivity contribution in [3.63, 3.8) is 0 Å². The first kappa shape index (κ1) is 22.2. The number of rotatable bonds is 4. The number of carbonyl (C=O) groups is 1. The Morgan fingerprint density at radius 3 is 2.66 bits per heavy atom. The van der Waals surface area contributed by atoms with Gasteiger partial charge in [0.25, 0.3) is 5.91 Å². The highest BCUT2D eigenvalue weighted by atomic mass is 19.2. The number of fused-ring (bicyclic) bond motifs is 5. The van der Waals surface area contributed by atoms with Crippen LogP contribution in [0.15, 0.2) is 82.3 Å². The second-order valence-corrected chi connectivity index (χ2v) is 8.98. The molecule has 1 amide bonds. The molecule has 7 nitrogen and oxygen atoms in total. The predicted octanol–water partition coefficient (Wildman–Crippen LogP) is 5.64. The summed E-state index contributed by atoms with van der Waals surface area (Å²) in [4.78, 5) is 30.6. The molecule has 0 spiro atoms. The van der Waals surface area contributed by atoms with Crippen LogP contribution in [0.5, 0.6) is 11.5 Å². The lowest BCUT2D eigenvalue weighted by Gasteiger charge is -2.24. The van der Waals surface area contributed by atoms with E-state index < -0.39 is 28.7 Å². The second kappa shape index (κ2) is 8.24. The molecule has 1 aliphatic heterocycles. The molecule has 1 N–H and O–H groups in total. The molecule has 7 rings (SSSR count). The third-order valence-corrected chi connectivity index (χ3v) is 6.71. The summed E-state index contributed by atoms with van der Waals surface area (Å²) in [6, 6.07) is 17.1. The molecule has 0 radical (unpaired) electrons. The molecule has 0 saturated heterocycles. The van der Waals surface area contributed by atoms with E-state index in [1.54, 1.807) is 24.4 Å². The maximum Gasteiger partial charge on any atom is 0.256 e. The number of nitrogens with zero attached hydrogens (tertiary/aromatic N) is 2.